The van der Waals surface area contributed by atoms with E-state index >= 15 is 0 Å². The number of nitrogens with zero attached hydrogens (tertiary/aromatic N) is 4. The Hall–Kier alpha value is -4.17. The minimum atomic E-state index is -0.947. The predicted molar refractivity (Wildman–Crippen MR) is 141 cm³/mol. The second-order valence-corrected chi connectivity index (χ2v) is 8.95. The molecule has 35 heavy (non-hydrogen) atoms. The van der Waals surface area contributed by atoms with Crippen LogP contribution in [0.15, 0.2) is 91.3 Å². The molecule has 2 atom stereocenters. The predicted octanol–water partition coefficient (Wildman–Crippen LogP) is 4.81. The number of aromatic carboxylic acids is 1. The van der Waals surface area contributed by atoms with Gasteiger partial charge in [0.1, 0.15) is 6.04 Å². The maximum Gasteiger partial charge on any atom is 0.335 e. The van der Waals surface area contributed by atoms with Gasteiger partial charge in [-0.3, -0.25) is 4.98 Å². The molecule has 1 aliphatic rings. The minimum absolute atomic E-state index is 0.177. The van der Waals surface area contributed by atoms with E-state index in [9.17, 15) is 9.90 Å². The van der Waals surface area contributed by atoms with Crippen LogP contribution in [0.25, 0.3) is 5.69 Å². The van der Waals surface area contributed by atoms with E-state index in [4.69, 9.17) is 12.2 Å². The van der Waals surface area contributed by atoms with Crippen LogP contribution in [-0.2, 0) is 0 Å². The number of nitrogens with one attached hydrogen (secondary N) is 1. The Bertz CT molecular complexity index is 1350. The van der Waals surface area contributed by atoms with E-state index < -0.39 is 5.97 Å². The molecule has 0 spiro atoms. The van der Waals surface area contributed by atoms with E-state index in [1.807, 2.05) is 56.7 Å². The zero-order chi connectivity index (χ0) is 24.5. The first kappa shape index (κ1) is 22.6. The van der Waals surface area contributed by atoms with E-state index in [1.54, 1.807) is 18.3 Å². The number of carbonyl (C=O) groups is 1. The number of carboxylic acid groups (broad SMARTS) is 1. The van der Waals surface area contributed by atoms with Crippen LogP contribution in [0.4, 0.5) is 11.4 Å². The van der Waals surface area contributed by atoms with Gasteiger partial charge in [0.05, 0.1) is 17.3 Å². The molecule has 0 amide bonds. The first-order valence-electron chi connectivity index (χ1n) is 11.2. The number of rotatable bonds is 6. The highest BCUT2D eigenvalue weighted by Gasteiger charge is 2.42. The maximum atomic E-state index is 11.3. The van der Waals surface area contributed by atoms with Gasteiger partial charge in [-0.1, -0.05) is 6.07 Å². The lowest BCUT2D eigenvalue weighted by molar-refractivity contribution is 0.0697. The largest absolute Gasteiger partial charge is 0.478 e. The van der Waals surface area contributed by atoms with Crippen molar-refractivity contribution in [1.82, 2.24) is 14.9 Å². The third kappa shape index (κ3) is 4.24. The Morgan fingerprint density at radius 1 is 0.971 bits per heavy atom. The third-order valence-corrected chi connectivity index (χ3v) is 6.53. The van der Waals surface area contributed by atoms with Gasteiger partial charge in [-0.2, -0.15) is 0 Å². The minimum Gasteiger partial charge on any atom is -0.478 e. The van der Waals surface area contributed by atoms with Gasteiger partial charge in [-0.25, -0.2) is 4.79 Å². The third-order valence-electron chi connectivity index (χ3n) is 6.22. The van der Waals surface area contributed by atoms with Crippen LogP contribution < -0.4 is 15.1 Å². The molecule has 8 heteroatoms. The Morgan fingerprint density at radius 2 is 1.69 bits per heavy atom. The summed E-state index contributed by atoms with van der Waals surface area (Å²) in [6, 6.07) is 24.8. The number of hydrogen-bond acceptors (Lipinski definition) is 4. The van der Waals surface area contributed by atoms with Gasteiger partial charge >= 0.3 is 5.97 Å². The molecule has 0 unspecified atom stereocenters. The first-order valence-corrected chi connectivity index (χ1v) is 11.6. The summed E-state index contributed by atoms with van der Waals surface area (Å²) in [6.07, 6.45) is 3.77. The second kappa shape index (κ2) is 9.23. The van der Waals surface area contributed by atoms with Crippen molar-refractivity contribution in [1.29, 1.82) is 0 Å². The average molecular weight is 484 g/mol. The Labute approximate surface area is 209 Å². The Kier molecular flexibility index (Phi) is 5.96. The molecule has 2 N–H and O–H groups in total. The highest BCUT2D eigenvalue weighted by Crippen LogP contribution is 2.42. The Balaban J connectivity index is 1.62. The number of benzene rings is 2. The van der Waals surface area contributed by atoms with Gasteiger partial charge < -0.3 is 24.8 Å². The molecular weight excluding hydrogens is 458 g/mol. The van der Waals surface area contributed by atoms with Crippen molar-refractivity contribution >= 4 is 34.7 Å². The van der Waals surface area contributed by atoms with Crippen molar-refractivity contribution in [2.24, 2.45) is 0 Å². The molecular formula is C27H25N5O2S. The van der Waals surface area contributed by atoms with Crippen LogP contribution >= 0.6 is 12.2 Å². The molecule has 1 fully saturated rings. The summed E-state index contributed by atoms with van der Waals surface area (Å²) >= 11 is 5.84. The summed E-state index contributed by atoms with van der Waals surface area (Å²) in [5, 5.41) is 13.4. The van der Waals surface area contributed by atoms with E-state index in [0.717, 1.165) is 28.5 Å². The number of thiocarbonyl (C=S) groups is 1. The molecule has 3 heterocycles. The lowest BCUT2D eigenvalue weighted by atomic mass is 10.0. The van der Waals surface area contributed by atoms with Gasteiger partial charge in [0.15, 0.2) is 5.11 Å². The maximum absolute atomic E-state index is 11.3. The van der Waals surface area contributed by atoms with E-state index in [-0.39, 0.29) is 17.6 Å². The van der Waals surface area contributed by atoms with Crippen molar-refractivity contribution in [2.75, 3.05) is 23.9 Å². The van der Waals surface area contributed by atoms with Crippen LogP contribution in [0.2, 0.25) is 0 Å². The van der Waals surface area contributed by atoms with Gasteiger partial charge in [0.2, 0.25) is 0 Å². The highest BCUT2D eigenvalue weighted by atomic mass is 32.1. The van der Waals surface area contributed by atoms with Gasteiger partial charge in [-0.05, 0) is 85.0 Å². The fourth-order valence-corrected chi connectivity index (χ4v) is 4.83. The van der Waals surface area contributed by atoms with Crippen molar-refractivity contribution in [3.8, 4) is 5.69 Å². The lowest BCUT2D eigenvalue weighted by Gasteiger charge is -2.29. The molecule has 2 aromatic heterocycles. The Morgan fingerprint density at radius 3 is 2.31 bits per heavy atom. The van der Waals surface area contributed by atoms with Crippen molar-refractivity contribution < 1.29 is 9.90 Å². The van der Waals surface area contributed by atoms with Gasteiger partial charge in [-0.15, -0.1) is 0 Å². The summed E-state index contributed by atoms with van der Waals surface area (Å²) < 4.78 is 2.07. The van der Waals surface area contributed by atoms with Crippen LogP contribution in [0.5, 0.6) is 0 Å². The second-order valence-electron chi connectivity index (χ2n) is 8.56. The summed E-state index contributed by atoms with van der Waals surface area (Å²) in [4.78, 5) is 20.1. The van der Waals surface area contributed by atoms with Gasteiger partial charge in [0, 0.05) is 49.2 Å². The number of anilines is 2. The van der Waals surface area contributed by atoms with Crippen LogP contribution in [-0.4, -0.2) is 39.8 Å². The smallest absolute Gasteiger partial charge is 0.335 e. The van der Waals surface area contributed by atoms with Crippen LogP contribution in [0.1, 0.15) is 33.8 Å². The average Bonchev–Trinajstić information content (AvgIpc) is 3.49. The highest BCUT2D eigenvalue weighted by molar-refractivity contribution is 7.80. The zero-order valence-electron chi connectivity index (χ0n) is 19.4. The molecule has 0 saturated carbocycles. The first-order chi connectivity index (χ1) is 16.9. The monoisotopic (exact) mass is 483 g/mol. The van der Waals surface area contributed by atoms with E-state index in [0.29, 0.717) is 5.11 Å². The summed E-state index contributed by atoms with van der Waals surface area (Å²) in [5.74, 6) is -0.947. The van der Waals surface area contributed by atoms with E-state index in [1.165, 1.54) is 0 Å². The fourth-order valence-electron chi connectivity index (χ4n) is 4.48. The summed E-state index contributed by atoms with van der Waals surface area (Å²) in [6.45, 7) is 0. The van der Waals surface area contributed by atoms with Crippen molar-refractivity contribution in [3.63, 3.8) is 0 Å². The van der Waals surface area contributed by atoms with E-state index in [2.05, 4.69) is 55.0 Å². The topological polar surface area (TPSA) is 73.6 Å². The zero-order valence-corrected chi connectivity index (χ0v) is 20.2. The SMILES string of the molecule is CN(C)c1ccc(N2C(=S)N[C@@H](c3ccccn3)[C@H]2c2cccn2-c2ccc(C(=O)O)cc2)cc1. The molecule has 1 aliphatic heterocycles. The van der Waals surface area contributed by atoms with Crippen molar-refractivity contribution in [2.45, 2.75) is 12.1 Å². The molecule has 0 bridgehead atoms. The van der Waals surface area contributed by atoms with Crippen LogP contribution in [0.3, 0.4) is 0 Å². The number of carboxylic acids is 1. The summed E-state index contributed by atoms with van der Waals surface area (Å²) in [7, 11) is 4.03. The molecule has 176 valence electrons. The standard InChI is InChI=1S/C27H25N5O2S/c1-30(2)19-12-14-21(15-13-19)32-25(24(29-27(32)35)22-6-3-4-16-28-22)23-7-5-17-31(23)20-10-8-18(9-11-20)26(33)34/h3-17,24-25H,1-2H3,(H,29,35)(H,33,34)/t24-,25+/m0/s1. The van der Waals surface area contributed by atoms with Gasteiger partial charge in [0.25, 0.3) is 0 Å². The number of hydrogen-bond donors (Lipinski definition) is 2. The quantitative estimate of drug-likeness (QED) is 0.381. The number of aromatic nitrogens is 2. The molecule has 4 aromatic rings. The molecule has 5 rings (SSSR count). The fraction of sp³-hybridized carbons (Fsp3) is 0.148. The number of pyridine rings is 1. The van der Waals surface area contributed by atoms with Crippen LogP contribution in [0, 0.1) is 0 Å². The summed E-state index contributed by atoms with van der Waals surface area (Å²) in [5.41, 5.74) is 5.10. The molecule has 1 saturated heterocycles. The molecule has 0 aliphatic carbocycles. The lowest BCUT2D eigenvalue weighted by Crippen LogP contribution is -2.30. The molecule has 0 radical (unpaired) electrons. The normalized spacial score (nSPS) is 17.3. The van der Waals surface area contributed by atoms with Crippen molar-refractivity contribution in [3.05, 3.63) is 108 Å². The molecule has 2 aromatic carbocycles. The molecule has 7 nitrogen and oxygen atoms in total.